The van der Waals surface area contributed by atoms with Gasteiger partial charge in [0.15, 0.2) is 0 Å². The summed E-state index contributed by atoms with van der Waals surface area (Å²) in [5.74, 6) is -0.0455. The van der Waals surface area contributed by atoms with Crippen molar-refractivity contribution in [3.8, 4) is 0 Å². The van der Waals surface area contributed by atoms with Crippen molar-refractivity contribution in [1.82, 2.24) is 26.0 Å². The number of nitrogens with one attached hydrogen (secondary N) is 3. The molecule has 1 unspecified atom stereocenters. The van der Waals surface area contributed by atoms with Gasteiger partial charge in [-0.25, -0.2) is 14.6 Å². The molecule has 4 rings (SSSR count). The number of urea groups is 2. The molecule has 0 radical (unpaired) electrons. The molecule has 5 N–H and O–H groups in total. The van der Waals surface area contributed by atoms with Gasteiger partial charge in [0.2, 0.25) is 5.91 Å². The second kappa shape index (κ2) is 12.0. The molecule has 218 valence electrons. The molecule has 3 aliphatic rings. The minimum Gasteiger partial charge on any atom is -0.352 e. The molecule has 1 saturated heterocycles. The fourth-order valence-corrected chi connectivity index (χ4v) is 5.01. The van der Waals surface area contributed by atoms with Crippen LogP contribution >= 0.6 is 0 Å². The maximum absolute atomic E-state index is 13.5. The average molecular weight is 537 g/mol. The summed E-state index contributed by atoms with van der Waals surface area (Å²) in [6.45, 7) is 12.3. The Morgan fingerprint density at radius 1 is 1.11 bits per heavy atom. The number of primary amides is 1. The van der Waals surface area contributed by atoms with Gasteiger partial charge in [-0.05, 0) is 54.9 Å². The number of likely N-dealkylation sites (tertiary alicyclic amines) is 1. The monoisotopic (exact) mass is 536 g/mol. The summed E-state index contributed by atoms with van der Waals surface area (Å²) in [5, 5.41) is 6.89. The van der Waals surface area contributed by atoms with Crippen LogP contribution in [0.1, 0.15) is 78.1 Å². The van der Waals surface area contributed by atoms with Crippen molar-refractivity contribution >= 4 is 23.9 Å². The molecular formula is C28H52N6O4. The van der Waals surface area contributed by atoms with Gasteiger partial charge < -0.3 is 21.3 Å². The van der Waals surface area contributed by atoms with Crippen LogP contribution in [0, 0.1) is 23.2 Å². The minimum absolute atomic E-state index is 0. The van der Waals surface area contributed by atoms with Crippen molar-refractivity contribution < 1.29 is 24.9 Å². The molecule has 10 heteroatoms. The van der Waals surface area contributed by atoms with E-state index in [9.17, 15) is 19.2 Å². The Kier molecular flexibility index (Phi) is 9.27. The summed E-state index contributed by atoms with van der Waals surface area (Å²) in [4.78, 5) is 53.3. The van der Waals surface area contributed by atoms with Gasteiger partial charge in [0.25, 0.3) is 5.91 Å². The lowest BCUT2D eigenvalue weighted by atomic mass is 9.85. The Morgan fingerprint density at radius 2 is 1.74 bits per heavy atom. The molecule has 0 bridgehead atoms. The van der Waals surface area contributed by atoms with Crippen molar-refractivity contribution in [2.75, 3.05) is 13.1 Å². The first-order valence-corrected chi connectivity index (χ1v) is 13.8. The zero-order valence-electron chi connectivity index (χ0n) is 23.5. The molecule has 3 fully saturated rings. The molecule has 38 heavy (non-hydrogen) atoms. The number of hydrogen-bond donors (Lipinski definition) is 4. The second-order valence-corrected chi connectivity index (χ2v) is 11.5. The number of piperidine rings is 1. The molecular weight excluding hydrogens is 484 g/mol. The van der Waals surface area contributed by atoms with E-state index in [4.69, 9.17) is 5.73 Å². The number of nitrogens with two attached hydrogens (primary N) is 1. The number of amides is 6. The third-order valence-electron chi connectivity index (χ3n) is 7.37. The first-order valence-electron chi connectivity index (χ1n) is 13.8. The highest BCUT2D eigenvalue weighted by Gasteiger charge is 2.58. The summed E-state index contributed by atoms with van der Waals surface area (Å²) in [6.07, 6.45) is 2.89. The van der Waals surface area contributed by atoms with E-state index < -0.39 is 23.5 Å². The summed E-state index contributed by atoms with van der Waals surface area (Å²) >= 11 is 0. The predicted octanol–water partition coefficient (Wildman–Crippen LogP) is 4.14. The Bertz CT molecular complexity index is 1030. The number of benzene rings is 1. The van der Waals surface area contributed by atoms with E-state index in [0.717, 1.165) is 24.8 Å². The molecule has 1 heterocycles. The van der Waals surface area contributed by atoms with Gasteiger partial charge in [0.1, 0.15) is 12.1 Å². The molecule has 1 aromatic rings. The molecule has 0 aromatic heterocycles. The second-order valence-electron chi connectivity index (χ2n) is 11.5. The molecule has 5 atom stereocenters. The van der Waals surface area contributed by atoms with Crippen LogP contribution in [0.5, 0.6) is 0 Å². The van der Waals surface area contributed by atoms with Crippen molar-refractivity contribution in [3.05, 3.63) is 35.9 Å². The summed E-state index contributed by atoms with van der Waals surface area (Å²) in [6, 6.07) is 6.68. The number of hydrogen-bond acceptors (Lipinski definition) is 4. The lowest BCUT2D eigenvalue weighted by Crippen LogP contribution is -2.61. The van der Waals surface area contributed by atoms with Crippen LogP contribution in [0.3, 0.4) is 0 Å². The highest BCUT2D eigenvalue weighted by molar-refractivity contribution is 5.94. The Labute approximate surface area is 232 Å². The van der Waals surface area contributed by atoms with Gasteiger partial charge in [0, 0.05) is 18.8 Å². The Hall–Kier alpha value is -3.30. The molecule has 0 spiro atoms. The van der Waals surface area contributed by atoms with Gasteiger partial charge in [-0.3, -0.25) is 15.0 Å². The third kappa shape index (κ3) is 7.17. The summed E-state index contributed by atoms with van der Waals surface area (Å²) in [5.41, 5.74) is 8.54. The van der Waals surface area contributed by atoms with E-state index in [2.05, 4.69) is 16.1 Å². The van der Waals surface area contributed by atoms with Crippen LogP contribution in [-0.2, 0) is 9.59 Å². The van der Waals surface area contributed by atoms with Gasteiger partial charge in [-0.15, -0.1) is 0 Å². The zero-order valence-corrected chi connectivity index (χ0v) is 23.5. The van der Waals surface area contributed by atoms with E-state index in [1.54, 1.807) is 4.90 Å². The lowest BCUT2D eigenvalue weighted by Gasteiger charge is -2.36. The van der Waals surface area contributed by atoms with Crippen LogP contribution in [0.4, 0.5) is 9.59 Å². The normalized spacial score (nSPS) is 23.1. The zero-order chi connectivity index (χ0) is 28.2. The van der Waals surface area contributed by atoms with E-state index in [0.29, 0.717) is 19.0 Å². The number of carbonyl (C=O) groups is 4. The van der Waals surface area contributed by atoms with E-state index >= 15 is 0 Å². The molecule has 1 aliphatic heterocycles. The molecule has 2 saturated carbocycles. The fourth-order valence-electron chi connectivity index (χ4n) is 5.01. The SMILES string of the molecule is CC.C[C@H](NC(=O)N(CC1CC1)NC(=O)[C@@H]1[C@H]2CC2CN1C(=O)[C@@H](NC(N)=O)C(C)(C)C)c1ccccc1.[HH].[HH].[HH].[HH]. The number of hydrazine groups is 1. The fraction of sp³-hybridized carbons (Fsp3) is 0.643. The van der Waals surface area contributed by atoms with Crippen molar-refractivity contribution in [3.63, 3.8) is 0 Å². The molecule has 10 nitrogen and oxygen atoms in total. The number of rotatable bonds is 7. The van der Waals surface area contributed by atoms with Gasteiger partial charge in [-0.2, -0.15) is 0 Å². The Balaban J connectivity index is 0. The Morgan fingerprint density at radius 3 is 2.29 bits per heavy atom. The van der Waals surface area contributed by atoms with Crippen molar-refractivity contribution in [2.24, 2.45) is 28.9 Å². The topological polar surface area (TPSA) is 137 Å². The van der Waals surface area contributed by atoms with Crippen LogP contribution in [0.2, 0.25) is 0 Å². The number of carbonyl (C=O) groups excluding carboxylic acids is 4. The smallest absolute Gasteiger partial charge is 0.336 e. The van der Waals surface area contributed by atoms with E-state index in [1.165, 1.54) is 5.01 Å². The first-order chi connectivity index (χ1) is 18.0. The van der Waals surface area contributed by atoms with E-state index in [1.807, 2.05) is 71.9 Å². The third-order valence-corrected chi connectivity index (χ3v) is 7.37. The average Bonchev–Trinajstić information content (AvgIpc) is 3.81. The summed E-state index contributed by atoms with van der Waals surface area (Å²) in [7, 11) is 0. The number of fused-ring (bicyclic) bond motifs is 1. The van der Waals surface area contributed by atoms with Gasteiger partial charge >= 0.3 is 12.1 Å². The van der Waals surface area contributed by atoms with Gasteiger partial charge in [-0.1, -0.05) is 65.0 Å². The minimum atomic E-state index is -0.861. The first kappa shape index (κ1) is 29.3. The van der Waals surface area contributed by atoms with Crippen molar-refractivity contribution in [1.29, 1.82) is 0 Å². The molecule has 2 aliphatic carbocycles. The predicted molar refractivity (Wildman–Crippen MR) is 154 cm³/mol. The van der Waals surface area contributed by atoms with Crippen LogP contribution in [-0.4, -0.2) is 59.0 Å². The largest absolute Gasteiger partial charge is 0.352 e. The lowest BCUT2D eigenvalue weighted by molar-refractivity contribution is -0.144. The van der Waals surface area contributed by atoms with Crippen molar-refractivity contribution in [2.45, 2.75) is 78.9 Å². The van der Waals surface area contributed by atoms with Crippen LogP contribution < -0.4 is 21.8 Å². The maximum Gasteiger partial charge on any atom is 0.336 e. The van der Waals surface area contributed by atoms with E-state index in [-0.39, 0.29) is 41.4 Å². The number of nitrogens with zero attached hydrogens (tertiary/aromatic N) is 2. The molecule has 1 aromatic carbocycles. The maximum atomic E-state index is 13.5. The highest BCUT2D eigenvalue weighted by Crippen LogP contribution is 2.50. The van der Waals surface area contributed by atoms with Crippen LogP contribution in [0.15, 0.2) is 30.3 Å². The van der Waals surface area contributed by atoms with Gasteiger partial charge in [0.05, 0.1) is 6.04 Å². The quantitative estimate of drug-likeness (QED) is 0.389. The van der Waals surface area contributed by atoms with Crippen LogP contribution in [0.25, 0.3) is 0 Å². The molecule has 6 amide bonds. The summed E-state index contributed by atoms with van der Waals surface area (Å²) < 4.78 is 0. The standard InChI is InChI=1S/C26H38N6O4.C2H6.4H2/c1-15(17-8-6-5-7-9-17)28-25(36)32(13-16-10-11-16)30-22(33)20-19-12-18(19)14-31(20)23(34)21(26(2,3)4)29-24(27)35;1-2;;;;/h5-9,15-16,18-21H,10-14H2,1-4H3,(H,28,36)(H,30,33)(H3,27,29,35);1-2H3;4*1H/t15-,18?,19-,20-,21+;;;;;/m0...../s1. The highest BCUT2D eigenvalue weighted by atomic mass is 16.2.